The first-order valence-corrected chi connectivity index (χ1v) is 9.47. The second-order valence-electron chi connectivity index (χ2n) is 6.88. The highest BCUT2D eigenvalue weighted by atomic mass is 19.4. The summed E-state index contributed by atoms with van der Waals surface area (Å²) in [6.07, 6.45) is -4.63. The van der Waals surface area contributed by atoms with Crippen LogP contribution in [0.4, 0.5) is 18.9 Å². The van der Waals surface area contributed by atoms with Crippen molar-refractivity contribution in [1.29, 1.82) is 0 Å². The number of rotatable bonds is 5. The third-order valence-electron chi connectivity index (χ3n) is 4.89. The van der Waals surface area contributed by atoms with Crippen molar-refractivity contribution in [3.05, 3.63) is 76.1 Å². The van der Waals surface area contributed by atoms with Crippen molar-refractivity contribution in [2.24, 2.45) is 7.05 Å². The van der Waals surface area contributed by atoms with Gasteiger partial charge in [0.05, 0.1) is 22.3 Å². The number of nitrogens with one attached hydrogen (secondary N) is 1. The van der Waals surface area contributed by atoms with Gasteiger partial charge in [0.25, 0.3) is 11.5 Å². The molecule has 1 N–H and O–H groups in total. The highest BCUT2D eigenvalue weighted by molar-refractivity contribution is 6.07. The molecule has 0 aliphatic heterocycles. The maximum absolute atomic E-state index is 13.1. The quantitative estimate of drug-likeness (QED) is 0.670. The van der Waals surface area contributed by atoms with Crippen LogP contribution in [-0.2, 0) is 18.0 Å². The van der Waals surface area contributed by atoms with E-state index in [9.17, 15) is 27.6 Å². The van der Waals surface area contributed by atoms with E-state index >= 15 is 0 Å². The van der Waals surface area contributed by atoms with E-state index in [1.165, 1.54) is 27.7 Å². The third kappa shape index (κ3) is 4.60. The molecule has 0 radical (unpaired) electrons. The summed E-state index contributed by atoms with van der Waals surface area (Å²) in [7, 11) is 1.59. The number of anilines is 1. The van der Waals surface area contributed by atoms with Crippen molar-refractivity contribution in [2.45, 2.75) is 13.1 Å². The van der Waals surface area contributed by atoms with Crippen molar-refractivity contribution in [3.63, 3.8) is 0 Å². The van der Waals surface area contributed by atoms with E-state index in [0.29, 0.717) is 10.9 Å². The van der Waals surface area contributed by atoms with Crippen molar-refractivity contribution >= 4 is 28.4 Å². The van der Waals surface area contributed by atoms with Crippen LogP contribution in [0.1, 0.15) is 22.8 Å². The van der Waals surface area contributed by atoms with Gasteiger partial charge in [-0.3, -0.25) is 14.4 Å². The highest BCUT2D eigenvalue weighted by Gasteiger charge is 2.33. The van der Waals surface area contributed by atoms with E-state index in [0.717, 1.165) is 12.1 Å². The molecule has 0 aliphatic rings. The van der Waals surface area contributed by atoms with Crippen LogP contribution in [0, 0.1) is 0 Å². The average molecular weight is 431 g/mol. The van der Waals surface area contributed by atoms with Crippen molar-refractivity contribution in [1.82, 2.24) is 9.47 Å². The molecule has 1 heterocycles. The van der Waals surface area contributed by atoms with Gasteiger partial charge in [0, 0.05) is 25.0 Å². The van der Waals surface area contributed by atoms with Gasteiger partial charge in [-0.1, -0.05) is 30.3 Å². The van der Waals surface area contributed by atoms with Gasteiger partial charge in [-0.15, -0.1) is 0 Å². The van der Waals surface area contributed by atoms with Crippen LogP contribution in [0.5, 0.6) is 0 Å². The molecular formula is C22H20F3N3O3. The molecule has 31 heavy (non-hydrogen) atoms. The molecule has 6 nitrogen and oxygen atoms in total. The van der Waals surface area contributed by atoms with Crippen LogP contribution in [0.15, 0.2) is 59.4 Å². The summed E-state index contributed by atoms with van der Waals surface area (Å²) in [5, 5.41) is 2.77. The molecule has 3 aromatic rings. The molecule has 162 valence electrons. The summed E-state index contributed by atoms with van der Waals surface area (Å²) in [5.74, 6) is -1.34. The second-order valence-corrected chi connectivity index (χ2v) is 6.88. The number of pyridine rings is 1. The molecule has 0 fully saturated rings. The molecule has 0 bridgehead atoms. The first-order valence-electron chi connectivity index (χ1n) is 9.47. The number of hydrogen-bond donors (Lipinski definition) is 1. The molecule has 0 atom stereocenters. The molecule has 2 aromatic carbocycles. The lowest BCUT2D eigenvalue weighted by Crippen LogP contribution is -2.38. The monoisotopic (exact) mass is 431 g/mol. The molecule has 0 saturated heterocycles. The van der Waals surface area contributed by atoms with Gasteiger partial charge in [-0.05, 0) is 25.1 Å². The fourth-order valence-corrected chi connectivity index (χ4v) is 3.29. The molecule has 3 rings (SSSR count). The minimum atomic E-state index is -4.63. The smallest absolute Gasteiger partial charge is 0.330 e. The van der Waals surface area contributed by atoms with E-state index < -0.39 is 30.1 Å². The topological polar surface area (TPSA) is 71.4 Å². The number of carbonyl (C=O) groups is 2. The van der Waals surface area contributed by atoms with Crippen LogP contribution < -0.4 is 10.9 Å². The van der Waals surface area contributed by atoms with Gasteiger partial charge in [-0.25, -0.2) is 0 Å². The predicted molar refractivity (Wildman–Crippen MR) is 111 cm³/mol. The number of benzene rings is 2. The average Bonchev–Trinajstić information content (AvgIpc) is 2.73. The summed E-state index contributed by atoms with van der Waals surface area (Å²) >= 11 is 0. The number of aromatic nitrogens is 1. The Kier molecular flexibility index (Phi) is 6.14. The molecular weight excluding hydrogens is 411 g/mol. The van der Waals surface area contributed by atoms with Crippen LogP contribution >= 0.6 is 0 Å². The molecule has 0 saturated carbocycles. The van der Waals surface area contributed by atoms with Gasteiger partial charge in [0.15, 0.2) is 0 Å². The Bertz CT molecular complexity index is 1200. The number of para-hydroxylation sites is 2. The standard InChI is InChI=1S/C22H20F3N3O3/c1-3-28(13-19(29)26-17-10-6-5-9-16(17)22(23,24)25)21(31)15-12-20(30)27(2)18-11-7-4-8-14(15)18/h4-12H,3,13H2,1-2H3,(H,26,29). The van der Waals surface area contributed by atoms with Crippen molar-refractivity contribution < 1.29 is 22.8 Å². The lowest BCUT2D eigenvalue weighted by Gasteiger charge is -2.22. The minimum Gasteiger partial charge on any atom is -0.330 e. The first kappa shape index (κ1) is 22.1. The Morgan fingerprint density at radius 3 is 2.39 bits per heavy atom. The number of carbonyl (C=O) groups excluding carboxylic acids is 2. The predicted octanol–water partition coefficient (Wildman–Crippen LogP) is 3.66. The van der Waals surface area contributed by atoms with Gasteiger partial charge in [0.1, 0.15) is 6.54 Å². The minimum absolute atomic E-state index is 0.122. The Morgan fingerprint density at radius 2 is 1.71 bits per heavy atom. The summed E-state index contributed by atoms with van der Waals surface area (Å²) in [4.78, 5) is 39.0. The van der Waals surface area contributed by atoms with Crippen LogP contribution in [0.25, 0.3) is 10.9 Å². The molecule has 9 heteroatoms. The third-order valence-corrected chi connectivity index (χ3v) is 4.89. The largest absolute Gasteiger partial charge is 0.418 e. The van der Waals surface area contributed by atoms with E-state index in [2.05, 4.69) is 5.32 Å². The van der Waals surface area contributed by atoms with Crippen LogP contribution in [0.2, 0.25) is 0 Å². The molecule has 1 aromatic heterocycles. The van der Waals surface area contributed by atoms with E-state index in [-0.39, 0.29) is 23.4 Å². The zero-order valence-electron chi connectivity index (χ0n) is 16.9. The number of halogens is 3. The number of amides is 2. The molecule has 0 unspecified atom stereocenters. The zero-order chi connectivity index (χ0) is 22.8. The SMILES string of the molecule is CCN(CC(=O)Nc1ccccc1C(F)(F)F)C(=O)c1cc(=O)n(C)c2ccccc12. The fraction of sp³-hybridized carbons (Fsp3) is 0.227. The Labute approximate surface area is 175 Å². The maximum atomic E-state index is 13.1. The second kappa shape index (κ2) is 8.63. The molecule has 0 spiro atoms. The van der Waals surface area contributed by atoms with Crippen LogP contribution in [-0.4, -0.2) is 34.4 Å². The molecule has 0 aliphatic carbocycles. The van der Waals surface area contributed by atoms with E-state index in [1.54, 1.807) is 38.2 Å². The van der Waals surface area contributed by atoms with Crippen molar-refractivity contribution in [3.8, 4) is 0 Å². The summed E-state index contributed by atoms with van der Waals surface area (Å²) in [6.45, 7) is 1.29. The fourth-order valence-electron chi connectivity index (χ4n) is 3.29. The zero-order valence-corrected chi connectivity index (χ0v) is 16.9. The summed E-state index contributed by atoms with van der Waals surface area (Å²) in [5.41, 5.74) is -1.07. The molecule has 2 amide bonds. The Balaban J connectivity index is 1.87. The lowest BCUT2D eigenvalue weighted by atomic mass is 10.1. The number of nitrogens with zero attached hydrogens (tertiary/aromatic N) is 2. The van der Waals surface area contributed by atoms with Crippen LogP contribution in [0.3, 0.4) is 0 Å². The van der Waals surface area contributed by atoms with E-state index in [1.807, 2.05) is 0 Å². The first-order chi connectivity index (χ1) is 14.6. The normalized spacial score (nSPS) is 11.4. The van der Waals surface area contributed by atoms with Gasteiger partial charge >= 0.3 is 6.18 Å². The Hall–Kier alpha value is -3.62. The highest BCUT2D eigenvalue weighted by Crippen LogP contribution is 2.34. The summed E-state index contributed by atoms with van der Waals surface area (Å²) in [6, 6.07) is 12.7. The number of fused-ring (bicyclic) bond motifs is 1. The lowest BCUT2D eigenvalue weighted by molar-refractivity contribution is -0.137. The number of alkyl halides is 3. The van der Waals surface area contributed by atoms with Gasteiger partial charge < -0.3 is 14.8 Å². The number of hydrogen-bond acceptors (Lipinski definition) is 3. The van der Waals surface area contributed by atoms with Crippen molar-refractivity contribution in [2.75, 3.05) is 18.4 Å². The summed E-state index contributed by atoms with van der Waals surface area (Å²) < 4.78 is 40.9. The number of aryl methyl sites for hydroxylation is 1. The van der Waals surface area contributed by atoms with E-state index in [4.69, 9.17) is 0 Å². The van der Waals surface area contributed by atoms with Gasteiger partial charge in [0.2, 0.25) is 5.91 Å². The number of likely N-dealkylation sites (N-methyl/N-ethyl adjacent to an activating group) is 1. The maximum Gasteiger partial charge on any atom is 0.418 e. The Morgan fingerprint density at radius 1 is 1.06 bits per heavy atom. The van der Waals surface area contributed by atoms with Gasteiger partial charge in [-0.2, -0.15) is 13.2 Å².